The van der Waals surface area contributed by atoms with E-state index in [0.717, 1.165) is 24.1 Å². The lowest BCUT2D eigenvalue weighted by molar-refractivity contribution is 0.112. The number of hydrogen-bond donors (Lipinski definition) is 1. The van der Waals surface area contributed by atoms with Crippen molar-refractivity contribution < 1.29 is 14.6 Å². The maximum atomic E-state index is 10.9. The maximum absolute atomic E-state index is 10.9. The van der Waals surface area contributed by atoms with E-state index in [1.54, 1.807) is 18.3 Å². The summed E-state index contributed by atoms with van der Waals surface area (Å²) in [7, 11) is 1.46. The van der Waals surface area contributed by atoms with Gasteiger partial charge in [0.25, 0.3) is 0 Å². The third kappa shape index (κ3) is 3.10. The molecule has 0 saturated heterocycles. The SMILES string of the molecule is COc1cc(CCc2ccccn2)cc(C=O)c1O. The van der Waals surface area contributed by atoms with Crippen LogP contribution in [0.4, 0.5) is 0 Å². The first-order valence-corrected chi connectivity index (χ1v) is 5.99. The largest absolute Gasteiger partial charge is 0.504 e. The van der Waals surface area contributed by atoms with Crippen LogP contribution in [0.2, 0.25) is 0 Å². The zero-order valence-electron chi connectivity index (χ0n) is 10.7. The molecule has 0 saturated carbocycles. The first-order chi connectivity index (χ1) is 9.24. The molecule has 0 aliphatic heterocycles. The van der Waals surface area contributed by atoms with Gasteiger partial charge in [0.1, 0.15) is 0 Å². The molecule has 0 fully saturated rings. The number of phenols is 1. The van der Waals surface area contributed by atoms with E-state index >= 15 is 0 Å². The lowest BCUT2D eigenvalue weighted by Crippen LogP contribution is -1.97. The minimum absolute atomic E-state index is 0.112. The second kappa shape index (κ2) is 6.00. The maximum Gasteiger partial charge on any atom is 0.168 e. The van der Waals surface area contributed by atoms with Crippen LogP contribution in [0, 0.1) is 0 Å². The highest BCUT2D eigenvalue weighted by atomic mass is 16.5. The lowest BCUT2D eigenvalue weighted by atomic mass is 10.0. The second-order valence-electron chi connectivity index (χ2n) is 4.17. The number of aromatic hydroxyl groups is 1. The highest BCUT2D eigenvalue weighted by molar-refractivity contribution is 5.81. The van der Waals surface area contributed by atoms with Crippen LogP contribution >= 0.6 is 0 Å². The molecule has 0 unspecified atom stereocenters. The third-order valence-corrected chi connectivity index (χ3v) is 2.91. The van der Waals surface area contributed by atoms with E-state index in [1.165, 1.54) is 7.11 Å². The summed E-state index contributed by atoms with van der Waals surface area (Å²) < 4.78 is 5.06. The molecule has 1 aromatic heterocycles. The normalized spacial score (nSPS) is 10.2. The zero-order chi connectivity index (χ0) is 13.7. The van der Waals surface area contributed by atoms with Gasteiger partial charge in [0.15, 0.2) is 17.8 Å². The Kier molecular flexibility index (Phi) is 4.13. The van der Waals surface area contributed by atoms with E-state index in [0.29, 0.717) is 12.0 Å². The van der Waals surface area contributed by atoms with Gasteiger partial charge >= 0.3 is 0 Å². The van der Waals surface area contributed by atoms with Crippen LogP contribution in [0.15, 0.2) is 36.5 Å². The average Bonchev–Trinajstić information content (AvgIpc) is 2.47. The molecule has 4 heteroatoms. The molecule has 0 spiro atoms. The number of aromatic nitrogens is 1. The average molecular weight is 257 g/mol. The van der Waals surface area contributed by atoms with E-state index in [4.69, 9.17) is 4.74 Å². The predicted molar refractivity (Wildman–Crippen MR) is 71.7 cm³/mol. The first kappa shape index (κ1) is 13.1. The molecule has 0 aliphatic rings. The van der Waals surface area contributed by atoms with E-state index < -0.39 is 0 Å². The van der Waals surface area contributed by atoms with Crippen molar-refractivity contribution in [1.82, 2.24) is 4.98 Å². The molecule has 0 radical (unpaired) electrons. The number of nitrogens with zero attached hydrogens (tertiary/aromatic N) is 1. The fourth-order valence-corrected chi connectivity index (χ4v) is 1.90. The Morgan fingerprint density at radius 3 is 2.79 bits per heavy atom. The highest BCUT2D eigenvalue weighted by Crippen LogP contribution is 2.30. The van der Waals surface area contributed by atoms with Crippen LogP contribution in [0.5, 0.6) is 11.5 Å². The standard InChI is InChI=1S/C15H15NO3/c1-19-14-9-11(8-12(10-17)15(14)18)5-6-13-4-2-3-7-16-13/h2-4,7-10,18H,5-6H2,1H3. The number of pyridine rings is 1. The van der Waals surface area contributed by atoms with Gasteiger partial charge in [0, 0.05) is 11.9 Å². The van der Waals surface area contributed by atoms with E-state index in [9.17, 15) is 9.90 Å². The van der Waals surface area contributed by atoms with Gasteiger partial charge in [-0.05, 0) is 42.7 Å². The number of methoxy groups -OCH3 is 1. The van der Waals surface area contributed by atoms with Crippen LogP contribution in [-0.2, 0) is 12.8 Å². The number of hydrogen-bond acceptors (Lipinski definition) is 4. The van der Waals surface area contributed by atoms with Crippen molar-refractivity contribution in [2.75, 3.05) is 7.11 Å². The summed E-state index contributed by atoms with van der Waals surface area (Å²) >= 11 is 0. The minimum atomic E-state index is -0.112. The van der Waals surface area contributed by atoms with Crippen molar-refractivity contribution in [3.63, 3.8) is 0 Å². The molecule has 0 aliphatic carbocycles. The molecule has 0 amide bonds. The fourth-order valence-electron chi connectivity index (χ4n) is 1.90. The Bertz CT molecular complexity index is 567. The fraction of sp³-hybridized carbons (Fsp3) is 0.200. The van der Waals surface area contributed by atoms with Crippen LogP contribution in [-0.4, -0.2) is 23.5 Å². The summed E-state index contributed by atoms with van der Waals surface area (Å²) in [5.41, 5.74) is 2.17. The Balaban J connectivity index is 2.18. The molecule has 0 atom stereocenters. The Morgan fingerprint density at radius 1 is 1.32 bits per heavy atom. The van der Waals surface area contributed by atoms with E-state index in [1.807, 2.05) is 18.2 Å². The van der Waals surface area contributed by atoms with Gasteiger partial charge in [-0.1, -0.05) is 6.07 Å². The number of aryl methyl sites for hydroxylation is 2. The zero-order valence-corrected chi connectivity index (χ0v) is 10.7. The molecular formula is C15H15NO3. The van der Waals surface area contributed by atoms with Crippen LogP contribution in [0.3, 0.4) is 0 Å². The van der Waals surface area contributed by atoms with E-state index in [2.05, 4.69) is 4.98 Å². The first-order valence-electron chi connectivity index (χ1n) is 5.99. The van der Waals surface area contributed by atoms with E-state index in [-0.39, 0.29) is 11.3 Å². The van der Waals surface area contributed by atoms with Gasteiger partial charge in [-0.3, -0.25) is 9.78 Å². The summed E-state index contributed by atoms with van der Waals surface area (Å²) in [6.45, 7) is 0. The number of ether oxygens (including phenoxy) is 1. The molecule has 98 valence electrons. The Labute approximate surface area is 111 Å². The smallest absolute Gasteiger partial charge is 0.168 e. The molecular weight excluding hydrogens is 242 g/mol. The van der Waals surface area contributed by atoms with Gasteiger partial charge < -0.3 is 9.84 Å². The van der Waals surface area contributed by atoms with Gasteiger partial charge in [-0.25, -0.2) is 0 Å². The molecule has 4 nitrogen and oxygen atoms in total. The van der Waals surface area contributed by atoms with Gasteiger partial charge in [0.2, 0.25) is 0 Å². The number of carbonyl (C=O) groups excluding carboxylic acids is 1. The number of carbonyl (C=O) groups is 1. The van der Waals surface area contributed by atoms with Crippen molar-refractivity contribution >= 4 is 6.29 Å². The van der Waals surface area contributed by atoms with Crippen molar-refractivity contribution in [3.8, 4) is 11.5 Å². The predicted octanol–water partition coefficient (Wildman–Crippen LogP) is 2.39. The lowest BCUT2D eigenvalue weighted by Gasteiger charge is -2.09. The second-order valence-corrected chi connectivity index (χ2v) is 4.17. The van der Waals surface area contributed by atoms with Crippen LogP contribution < -0.4 is 4.74 Å². The Morgan fingerprint density at radius 2 is 2.16 bits per heavy atom. The number of rotatable bonds is 5. The summed E-state index contributed by atoms with van der Waals surface area (Å²) in [6.07, 6.45) is 3.88. The van der Waals surface area contributed by atoms with Gasteiger partial charge in [-0.15, -0.1) is 0 Å². The minimum Gasteiger partial charge on any atom is -0.504 e. The van der Waals surface area contributed by atoms with Crippen molar-refractivity contribution in [2.45, 2.75) is 12.8 Å². The quantitative estimate of drug-likeness (QED) is 0.835. The van der Waals surface area contributed by atoms with Crippen molar-refractivity contribution in [1.29, 1.82) is 0 Å². The van der Waals surface area contributed by atoms with Crippen molar-refractivity contribution in [2.24, 2.45) is 0 Å². The number of benzene rings is 1. The van der Waals surface area contributed by atoms with Crippen LogP contribution in [0.1, 0.15) is 21.6 Å². The molecule has 2 aromatic rings. The molecule has 19 heavy (non-hydrogen) atoms. The highest BCUT2D eigenvalue weighted by Gasteiger charge is 2.10. The van der Waals surface area contributed by atoms with Gasteiger partial charge in [-0.2, -0.15) is 0 Å². The molecule has 2 rings (SSSR count). The third-order valence-electron chi connectivity index (χ3n) is 2.91. The molecule has 1 aromatic carbocycles. The number of phenolic OH excluding ortho intramolecular Hbond substituents is 1. The summed E-state index contributed by atoms with van der Waals surface area (Å²) in [6, 6.07) is 9.19. The number of aldehydes is 1. The molecule has 1 heterocycles. The van der Waals surface area contributed by atoms with Crippen molar-refractivity contribution in [3.05, 3.63) is 53.3 Å². The summed E-state index contributed by atoms with van der Waals surface area (Å²) in [4.78, 5) is 15.1. The summed E-state index contributed by atoms with van der Waals surface area (Å²) in [5, 5.41) is 9.73. The monoisotopic (exact) mass is 257 g/mol. The van der Waals surface area contributed by atoms with Gasteiger partial charge in [0.05, 0.1) is 12.7 Å². The molecule has 1 N–H and O–H groups in total. The Hall–Kier alpha value is -2.36. The summed E-state index contributed by atoms with van der Waals surface area (Å²) in [5.74, 6) is 0.208. The topological polar surface area (TPSA) is 59.4 Å². The molecule has 0 bridgehead atoms. The van der Waals surface area contributed by atoms with Crippen LogP contribution in [0.25, 0.3) is 0 Å².